The zero-order valence-corrected chi connectivity index (χ0v) is 5.85. The van der Waals surface area contributed by atoms with E-state index in [-0.39, 0.29) is 11.9 Å². The van der Waals surface area contributed by atoms with E-state index in [4.69, 9.17) is 5.11 Å². The monoisotopic (exact) mass is 131 g/mol. The van der Waals surface area contributed by atoms with Gasteiger partial charge >= 0.3 is 0 Å². The lowest BCUT2D eigenvalue weighted by molar-refractivity contribution is -0.116. The molecule has 0 radical (unpaired) electrons. The number of hydrogen-bond donors (Lipinski definition) is 2. The van der Waals surface area contributed by atoms with E-state index >= 15 is 0 Å². The number of aliphatic hydroxyl groups excluding tert-OH is 1. The molecule has 0 saturated carbocycles. The van der Waals surface area contributed by atoms with Crippen molar-refractivity contribution in [1.82, 2.24) is 5.32 Å². The highest BCUT2D eigenvalue weighted by molar-refractivity contribution is 5.77. The Morgan fingerprint density at radius 2 is 2.33 bits per heavy atom. The van der Waals surface area contributed by atoms with Crippen LogP contribution in [0.15, 0.2) is 0 Å². The topological polar surface area (TPSA) is 49.3 Å². The highest BCUT2D eigenvalue weighted by atomic mass is 16.3. The van der Waals surface area contributed by atoms with Gasteiger partial charge in [0.25, 0.3) is 0 Å². The van der Waals surface area contributed by atoms with Crippen molar-refractivity contribution in [2.75, 3.05) is 13.1 Å². The summed E-state index contributed by atoms with van der Waals surface area (Å²) in [4.78, 5) is 10.3. The molecule has 0 aliphatic carbocycles. The van der Waals surface area contributed by atoms with Crippen molar-refractivity contribution in [3.05, 3.63) is 0 Å². The Kier molecular flexibility index (Phi) is 4.26. The number of ketones is 1. The van der Waals surface area contributed by atoms with Gasteiger partial charge in [0.2, 0.25) is 0 Å². The maximum absolute atomic E-state index is 10.3. The van der Waals surface area contributed by atoms with Crippen LogP contribution in [0.25, 0.3) is 0 Å². The molecule has 0 aliphatic heterocycles. The molecule has 0 spiro atoms. The molecule has 2 N–H and O–H groups in total. The highest BCUT2D eigenvalue weighted by Gasteiger charge is 1.94. The van der Waals surface area contributed by atoms with Gasteiger partial charge in [0.15, 0.2) is 0 Å². The van der Waals surface area contributed by atoms with Crippen LogP contribution in [0.3, 0.4) is 0 Å². The predicted molar refractivity (Wildman–Crippen MR) is 35.2 cm³/mol. The molecule has 0 aliphatic rings. The fraction of sp³-hybridized carbons (Fsp3) is 0.833. The minimum absolute atomic E-state index is 0.0932. The summed E-state index contributed by atoms with van der Waals surface area (Å²) in [6.07, 6.45) is -0.371. The van der Waals surface area contributed by atoms with Gasteiger partial charge in [-0.2, -0.15) is 0 Å². The van der Waals surface area contributed by atoms with Crippen molar-refractivity contribution < 1.29 is 9.90 Å². The Morgan fingerprint density at radius 1 is 1.78 bits per heavy atom. The lowest BCUT2D eigenvalue weighted by atomic mass is 10.4. The van der Waals surface area contributed by atoms with Gasteiger partial charge in [-0.15, -0.1) is 0 Å². The normalized spacial score (nSPS) is 13.2. The summed E-state index contributed by atoms with van der Waals surface area (Å²) in [6, 6.07) is 0. The van der Waals surface area contributed by atoms with Gasteiger partial charge in [-0.05, 0) is 13.8 Å². The summed E-state index contributed by atoms with van der Waals surface area (Å²) in [5.74, 6) is 0.0932. The average Bonchev–Trinajstić information content (AvgIpc) is 1.63. The van der Waals surface area contributed by atoms with Crippen molar-refractivity contribution in [3.63, 3.8) is 0 Å². The Labute approximate surface area is 55.1 Å². The Morgan fingerprint density at radius 3 is 2.67 bits per heavy atom. The molecule has 0 saturated heterocycles. The molecule has 0 aromatic heterocycles. The zero-order chi connectivity index (χ0) is 7.28. The third-order valence-electron chi connectivity index (χ3n) is 0.814. The minimum Gasteiger partial charge on any atom is -0.392 e. The SMILES string of the molecule is CC(=O)CNC[C@@H](C)O. The van der Waals surface area contributed by atoms with E-state index in [1.54, 1.807) is 6.92 Å². The van der Waals surface area contributed by atoms with Crippen LogP contribution in [-0.2, 0) is 4.79 Å². The first-order valence-electron chi connectivity index (χ1n) is 3.01. The first kappa shape index (κ1) is 8.59. The number of rotatable bonds is 4. The van der Waals surface area contributed by atoms with Crippen molar-refractivity contribution in [1.29, 1.82) is 0 Å². The van der Waals surface area contributed by atoms with Crippen LogP contribution in [0.1, 0.15) is 13.8 Å². The van der Waals surface area contributed by atoms with Crippen LogP contribution in [0.5, 0.6) is 0 Å². The van der Waals surface area contributed by atoms with Crippen LogP contribution in [0.4, 0.5) is 0 Å². The lowest BCUT2D eigenvalue weighted by Gasteiger charge is -2.02. The van der Waals surface area contributed by atoms with Gasteiger partial charge in [0.05, 0.1) is 12.6 Å². The predicted octanol–water partition coefficient (Wildman–Crippen LogP) is -0.454. The molecule has 0 rings (SSSR count). The Hall–Kier alpha value is -0.410. The second-order valence-corrected chi connectivity index (χ2v) is 2.18. The third kappa shape index (κ3) is 7.59. The average molecular weight is 131 g/mol. The highest BCUT2D eigenvalue weighted by Crippen LogP contribution is 1.73. The van der Waals surface area contributed by atoms with Gasteiger partial charge in [-0.3, -0.25) is 4.79 Å². The Balaban J connectivity index is 3.01. The fourth-order valence-electron chi connectivity index (χ4n) is 0.457. The van der Waals surface area contributed by atoms with Crippen LogP contribution in [0, 0.1) is 0 Å². The molecule has 9 heavy (non-hydrogen) atoms. The molecule has 0 fully saturated rings. The number of aliphatic hydroxyl groups is 1. The number of Topliss-reactive ketones (excluding diaryl/α,β-unsaturated/α-hetero) is 1. The number of carbonyl (C=O) groups is 1. The van der Waals surface area contributed by atoms with E-state index in [1.165, 1.54) is 6.92 Å². The molecule has 0 amide bonds. The van der Waals surface area contributed by atoms with Crippen LogP contribution >= 0.6 is 0 Å². The Bertz CT molecular complexity index is 91.1. The van der Waals surface area contributed by atoms with Gasteiger partial charge in [-0.25, -0.2) is 0 Å². The van der Waals surface area contributed by atoms with Crippen molar-refractivity contribution in [2.45, 2.75) is 20.0 Å². The lowest BCUT2D eigenvalue weighted by Crippen LogP contribution is -2.28. The molecule has 54 valence electrons. The van der Waals surface area contributed by atoms with E-state index in [0.717, 1.165) is 0 Å². The number of carbonyl (C=O) groups excluding carboxylic acids is 1. The maximum atomic E-state index is 10.3. The van der Waals surface area contributed by atoms with Crippen LogP contribution in [0.2, 0.25) is 0 Å². The molecular weight excluding hydrogens is 118 g/mol. The van der Waals surface area contributed by atoms with Gasteiger partial charge < -0.3 is 10.4 Å². The summed E-state index contributed by atoms with van der Waals surface area (Å²) in [7, 11) is 0. The molecule has 3 heteroatoms. The number of hydrogen-bond acceptors (Lipinski definition) is 3. The van der Waals surface area contributed by atoms with E-state index in [9.17, 15) is 4.79 Å². The molecular formula is C6H13NO2. The maximum Gasteiger partial charge on any atom is 0.143 e. The van der Waals surface area contributed by atoms with Crippen LogP contribution < -0.4 is 5.32 Å². The second kappa shape index (κ2) is 4.47. The quantitative estimate of drug-likeness (QED) is 0.543. The summed E-state index contributed by atoms with van der Waals surface area (Å²) in [6.45, 7) is 4.02. The third-order valence-corrected chi connectivity index (χ3v) is 0.814. The smallest absolute Gasteiger partial charge is 0.143 e. The summed E-state index contributed by atoms with van der Waals surface area (Å²) in [5.41, 5.74) is 0. The van der Waals surface area contributed by atoms with Gasteiger partial charge in [0.1, 0.15) is 5.78 Å². The summed E-state index contributed by atoms with van der Waals surface area (Å²) in [5, 5.41) is 11.5. The molecule has 0 aromatic carbocycles. The van der Waals surface area contributed by atoms with Crippen molar-refractivity contribution >= 4 is 5.78 Å². The standard InChI is InChI=1S/C6H13NO2/c1-5(8)3-7-4-6(2)9/h5,7-8H,3-4H2,1-2H3/t5-/m1/s1. The molecule has 0 bridgehead atoms. The molecule has 3 nitrogen and oxygen atoms in total. The molecule has 1 atom stereocenters. The minimum atomic E-state index is -0.371. The second-order valence-electron chi connectivity index (χ2n) is 2.18. The van der Waals surface area contributed by atoms with Gasteiger partial charge in [-0.1, -0.05) is 0 Å². The van der Waals surface area contributed by atoms with E-state index in [1.807, 2.05) is 0 Å². The first-order valence-corrected chi connectivity index (χ1v) is 3.01. The van der Waals surface area contributed by atoms with E-state index < -0.39 is 0 Å². The van der Waals surface area contributed by atoms with Gasteiger partial charge in [0, 0.05) is 6.54 Å². The van der Waals surface area contributed by atoms with E-state index in [0.29, 0.717) is 13.1 Å². The van der Waals surface area contributed by atoms with Crippen molar-refractivity contribution in [2.24, 2.45) is 0 Å². The molecule has 0 heterocycles. The molecule has 0 aromatic rings. The zero-order valence-electron chi connectivity index (χ0n) is 5.85. The number of nitrogens with one attached hydrogen (secondary N) is 1. The van der Waals surface area contributed by atoms with E-state index in [2.05, 4.69) is 5.32 Å². The summed E-state index contributed by atoms with van der Waals surface area (Å²) >= 11 is 0. The first-order chi connectivity index (χ1) is 4.13. The van der Waals surface area contributed by atoms with Crippen molar-refractivity contribution in [3.8, 4) is 0 Å². The fourth-order valence-corrected chi connectivity index (χ4v) is 0.457. The molecule has 0 unspecified atom stereocenters. The van der Waals surface area contributed by atoms with Crippen LogP contribution in [-0.4, -0.2) is 30.1 Å². The summed E-state index contributed by atoms with van der Waals surface area (Å²) < 4.78 is 0. The largest absolute Gasteiger partial charge is 0.392 e.